The highest BCUT2D eigenvalue weighted by atomic mass is 35.5. The largest absolute Gasteiger partial charge is 0.459 e. The van der Waals surface area contributed by atoms with Crippen LogP contribution in [-0.4, -0.2) is 18.0 Å². The fourth-order valence-corrected chi connectivity index (χ4v) is 4.16. The van der Waals surface area contributed by atoms with Crippen molar-refractivity contribution >= 4 is 51.4 Å². The van der Waals surface area contributed by atoms with Gasteiger partial charge in [0.15, 0.2) is 0 Å². The van der Waals surface area contributed by atoms with Crippen LogP contribution in [0, 0.1) is 6.92 Å². The number of ether oxygens (including phenoxy) is 1. The zero-order valence-electron chi connectivity index (χ0n) is 14.4. The Bertz CT molecular complexity index is 795. The maximum Gasteiger partial charge on any atom is 0.341 e. The molecular formula is C18H19Cl2NO3S. The van der Waals surface area contributed by atoms with Gasteiger partial charge in [-0.05, 0) is 44.9 Å². The molecule has 0 aliphatic carbocycles. The predicted molar refractivity (Wildman–Crippen MR) is 103 cm³/mol. The number of aryl methyl sites for hydroxylation is 1. The van der Waals surface area contributed by atoms with Crippen molar-refractivity contribution in [2.75, 3.05) is 5.32 Å². The van der Waals surface area contributed by atoms with Crippen LogP contribution in [0.4, 0.5) is 5.00 Å². The number of carbonyl (C=O) groups is 2. The summed E-state index contributed by atoms with van der Waals surface area (Å²) in [6.45, 7) is 7.43. The van der Waals surface area contributed by atoms with Crippen molar-refractivity contribution in [3.63, 3.8) is 0 Å². The van der Waals surface area contributed by atoms with Crippen molar-refractivity contribution in [2.24, 2.45) is 0 Å². The molecule has 2 rings (SSSR count). The van der Waals surface area contributed by atoms with E-state index in [2.05, 4.69) is 5.32 Å². The molecular weight excluding hydrogens is 381 g/mol. The molecule has 0 bridgehead atoms. The molecule has 0 aliphatic rings. The second-order valence-electron chi connectivity index (χ2n) is 5.70. The SMILES string of the molecule is CCc1c(C)sc(NC(=O)c2c(Cl)cccc2Cl)c1C(=O)OC(C)C. The van der Waals surface area contributed by atoms with Gasteiger partial charge in [-0.3, -0.25) is 4.79 Å². The van der Waals surface area contributed by atoms with Gasteiger partial charge < -0.3 is 10.1 Å². The Hall–Kier alpha value is -1.56. The van der Waals surface area contributed by atoms with Gasteiger partial charge in [-0.2, -0.15) is 0 Å². The number of anilines is 1. The van der Waals surface area contributed by atoms with E-state index in [4.69, 9.17) is 27.9 Å². The van der Waals surface area contributed by atoms with Crippen LogP contribution in [0.2, 0.25) is 10.0 Å². The van der Waals surface area contributed by atoms with Crippen LogP contribution in [0.15, 0.2) is 18.2 Å². The quantitative estimate of drug-likeness (QED) is 0.651. The zero-order valence-corrected chi connectivity index (χ0v) is 16.7. The van der Waals surface area contributed by atoms with E-state index in [-0.39, 0.29) is 21.7 Å². The molecule has 0 saturated heterocycles. The van der Waals surface area contributed by atoms with Gasteiger partial charge in [-0.1, -0.05) is 36.2 Å². The highest BCUT2D eigenvalue weighted by Gasteiger charge is 2.25. The van der Waals surface area contributed by atoms with Crippen LogP contribution < -0.4 is 5.32 Å². The minimum absolute atomic E-state index is 0.179. The minimum atomic E-state index is -0.460. The Kier molecular flexibility index (Phi) is 6.49. The smallest absolute Gasteiger partial charge is 0.341 e. The Morgan fingerprint density at radius 2 is 1.80 bits per heavy atom. The van der Waals surface area contributed by atoms with E-state index in [9.17, 15) is 9.59 Å². The van der Waals surface area contributed by atoms with Crippen LogP contribution in [0.3, 0.4) is 0 Å². The molecule has 1 aromatic carbocycles. The van der Waals surface area contributed by atoms with E-state index in [0.717, 1.165) is 10.4 Å². The lowest BCUT2D eigenvalue weighted by atomic mass is 10.1. The zero-order chi connectivity index (χ0) is 18.7. The third-order valence-corrected chi connectivity index (χ3v) is 5.22. The Labute approximate surface area is 161 Å². The van der Waals surface area contributed by atoms with Crippen molar-refractivity contribution in [3.05, 3.63) is 49.8 Å². The molecule has 1 heterocycles. The van der Waals surface area contributed by atoms with Gasteiger partial charge in [0.25, 0.3) is 5.91 Å². The molecule has 0 atom stereocenters. The molecule has 4 nitrogen and oxygen atoms in total. The van der Waals surface area contributed by atoms with Gasteiger partial charge >= 0.3 is 5.97 Å². The number of hydrogen-bond acceptors (Lipinski definition) is 4. The summed E-state index contributed by atoms with van der Waals surface area (Å²) in [4.78, 5) is 26.1. The highest BCUT2D eigenvalue weighted by molar-refractivity contribution is 7.16. The molecule has 134 valence electrons. The maximum absolute atomic E-state index is 12.6. The second kappa shape index (κ2) is 8.21. The summed E-state index contributed by atoms with van der Waals surface area (Å²) in [7, 11) is 0. The number of rotatable bonds is 5. The molecule has 7 heteroatoms. The van der Waals surface area contributed by atoms with Crippen LogP contribution >= 0.6 is 34.5 Å². The molecule has 1 N–H and O–H groups in total. The van der Waals surface area contributed by atoms with Gasteiger partial charge in [0, 0.05) is 4.88 Å². The van der Waals surface area contributed by atoms with E-state index in [1.807, 2.05) is 13.8 Å². The summed E-state index contributed by atoms with van der Waals surface area (Å²) in [5, 5.41) is 3.71. The highest BCUT2D eigenvalue weighted by Crippen LogP contribution is 2.35. The van der Waals surface area contributed by atoms with Crippen LogP contribution in [0.25, 0.3) is 0 Å². The first-order valence-corrected chi connectivity index (χ1v) is 9.42. The van der Waals surface area contributed by atoms with Crippen LogP contribution in [-0.2, 0) is 11.2 Å². The van der Waals surface area contributed by atoms with Crippen LogP contribution in [0.5, 0.6) is 0 Å². The predicted octanol–water partition coefficient (Wildman–Crippen LogP) is 5.74. The van der Waals surface area contributed by atoms with E-state index in [0.29, 0.717) is 17.0 Å². The summed E-state index contributed by atoms with van der Waals surface area (Å²) < 4.78 is 5.33. The third kappa shape index (κ3) is 4.35. The maximum atomic E-state index is 12.6. The number of benzene rings is 1. The van der Waals surface area contributed by atoms with Crippen molar-refractivity contribution in [3.8, 4) is 0 Å². The van der Waals surface area contributed by atoms with E-state index in [1.165, 1.54) is 11.3 Å². The number of nitrogens with one attached hydrogen (secondary N) is 1. The summed E-state index contributed by atoms with van der Waals surface area (Å²) in [6, 6.07) is 4.85. The monoisotopic (exact) mass is 399 g/mol. The van der Waals surface area contributed by atoms with Crippen molar-refractivity contribution in [1.82, 2.24) is 0 Å². The molecule has 0 spiro atoms. The van der Waals surface area contributed by atoms with Gasteiger partial charge in [-0.25, -0.2) is 4.79 Å². The summed E-state index contributed by atoms with van der Waals surface area (Å²) in [5.41, 5.74) is 1.45. The number of thiophene rings is 1. The van der Waals surface area contributed by atoms with Crippen molar-refractivity contribution < 1.29 is 14.3 Å². The lowest BCUT2D eigenvalue weighted by Crippen LogP contribution is -2.17. The van der Waals surface area contributed by atoms with E-state index >= 15 is 0 Å². The number of halogens is 2. The summed E-state index contributed by atoms with van der Waals surface area (Å²) >= 11 is 13.5. The molecule has 0 saturated carbocycles. The lowest BCUT2D eigenvalue weighted by molar-refractivity contribution is 0.0378. The number of amides is 1. The first-order valence-electron chi connectivity index (χ1n) is 7.84. The standard InChI is InChI=1S/C18H19Cl2NO3S/c1-5-11-10(4)25-17(14(11)18(23)24-9(2)3)21-16(22)15-12(19)7-6-8-13(15)20/h6-9H,5H2,1-4H3,(H,21,22). The second-order valence-corrected chi connectivity index (χ2v) is 7.74. The Balaban J connectivity index is 2.43. The molecule has 2 aromatic rings. The Morgan fingerprint density at radius 1 is 1.20 bits per heavy atom. The number of carbonyl (C=O) groups excluding carboxylic acids is 2. The number of hydrogen-bond donors (Lipinski definition) is 1. The summed E-state index contributed by atoms with van der Waals surface area (Å²) in [6.07, 6.45) is 0.409. The first kappa shape index (κ1) is 19.8. The molecule has 0 unspecified atom stereocenters. The topological polar surface area (TPSA) is 55.4 Å². The molecule has 0 radical (unpaired) electrons. The molecule has 0 fully saturated rings. The molecule has 0 aliphatic heterocycles. The van der Waals surface area contributed by atoms with Gasteiger partial charge in [0.1, 0.15) is 5.00 Å². The van der Waals surface area contributed by atoms with Gasteiger partial charge in [0.2, 0.25) is 0 Å². The fourth-order valence-electron chi connectivity index (χ4n) is 2.46. The average molecular weight is 400 g/mol. The Morgan fingerprint density at radius 3 is 2.32 bits per heavy atom. The molecule has 1 aromatic heterocycles. The van der Waals surface area contributed by atoms with Gasteiger partial charge in [0.05, 0.1) is 27.3 Å². The van der Waals surface area contributed by atoms with Crippen molar-refractivity contribution in [2.45, 2.75) is 40.2 Å². The van der Waals surface area contributed by atoms with Crippen LogP contribution in [0.1, 0.15) is 51.9 Å². The molecule has 25 heavy (non-hydrogen) atoms. The van der Waals surface area contributed by atoms with E-state index < -0.39 is 11.9 Å². The molecule has 1 amide bonds. The fraction of sp³-hybridized carbons (Fsp3) is 0.333. The normalized spacial score (nSPS) is 10.8. The first-order chi connectivity index (χ1) is 11.8. The van der Waals surface area contributed by atoms with Crippen molar-refractivity contribution in [1.29, 1.82) is 0 Å². The summed E-state index contributed by atoms with van der Waals surface area (Å²) in [5.74, 6) is -0.908. The van der Waals surface area contributed by atoms with E-state index in [1.54, 1.807) is 32.0 Å². The minimum Gasteiger partial charge on any atom is -0.459 e. The number of esters is 1. The average Bonchev–Trinajstić information content (AvgIpc) is 2.81. The third-order valence-electron chi connectivity index (χ3n) is 3.53. The lowest BCUT2D eigenvalue weighted by Gasteiger charge is -2.12. The van der Waals surface area contributed by atoms with Gasteiger partial charge in [-0.15, -0.1) is 11.3 Å².